The molecule has 0 saturated heterocycles. The Bertz CT molecular complexity index is 4220. The predicted molar refractivity (Wildman–Crippen MR) is 301 cm³/mol. The first-order valence-corrected chi connectivity index (χ1v) is 25.4. The van der Waals surface area contributed by atoms with E-state index in [1.54, 1.807) is 0 Å². The summed E-state index contributed by atoms with van der Waals surface area (Å²) in [4.78, 5) is 0. The molecule has 0 N–H and O–H groups in total. The monoisotopic (exact) mass is 890 g/mol. The highest BCUT2D eigenvalue weighted by Gasteiger charge is 2.40. The van der Waals surface area contributed by atoms with Gasteiger partial charge >= 0.3 is 0 Å². The van der Waals surface area contributed by atoms with E-state index in [0.717, 1.165) is 12.8 Å². The van der Waals surface area contributed by atoms with Crippen LogP contribution in [-0.4, -0.2) is 0 Å². The van der Waals surface area contributed by atoms with Gasteiger partial charge in [0.1, 0.15) is 0 Å². The van der Waals surface area contributed by atoms with Crippen molar-refractivity contribution in [3.05, 3.63) is 245 Å². The van der Waals surface area contributed by atoms with Crippen LogP contribution in [-0.2, 0) is 11.8 Å². The van der Waals surface area contributed by atoms with Crippen LogP contribution in [0.1, 0.15) is 60.6 Å². The smallest absolute Gasteiger partial charge is 0.0164 e. The van der Waals surface area contributed by atoms with Crippen LogP contribution in [0.25, 0.3) is 115 Å². The van der Waals surface area contributed by atoms with E-state index < -0.39 is 0 Å². The fraction of sp³-hybridized carbons (Fsp3) is 0.114. The average molecular weight is 891 g/mol. The fourth-order valence-corrected chi connectivity index (χ4v) is 13.9. The van der Waals surface area contributed by atoms with Gasteiger partial charge in [-0.1, -0.05) is 227 Å². The molecule has 2 unspecified atom stereocenters. The first-order chi connectivity index (χ1) is 34.5. The van der Waals surface area contributed by atoms with Crippen molar-refractivity contribution in [2.45, 2.75) is 39.0 Å². The van der Waals surface area contributed by atoms with E-state index in [2.05, 4.69) is 233 Å². The normalized spacial score (nSPS) is 17.6. The van der Waals surface area contributed by atoms with Crippen LogP contribution in [0.2, 0.25) is 0 Å². The number of hydrogen-bond donors (Lipinski definition) is 0. The van der Waals surface area contributed by atoms with Gasteiger partial charge in [-0.15, -0.1) is 0 Å². The third kappa shape index (κ3) is 5.42. The van der Waals surface area contributed by atoms with E-state index in [-0.39, 0.29) is 17.3 Å². The van der Waals surface area contributed by atoms with Crippen LogP contribution in [0, 0.1) is 11.8 Å². The first kappa shape index (κ1) is 39.9. The molecule has 0 aromatic heterocycles. The van der Waals surface area contributed by atoms with Crippen molar-refractivity contribution in [3.8, 4) is 33.4 Å². The molecule has 330 valence electrons. The molecular formula is C70H50. The Morgan fingerprint density at radius 3 is 1.94 bits per heavy atom. The Morgan fingerprint density at radius 1 is 0.486 bits per heavy atom. The van der Waals surface area contributed by atoms with Gasteiger partial charge in [-0.3, -0.25) is 0 Å². The van der Waals surface area contributed by atoms with Gasteiger partial charge in [0.25, 0.3) is 0 Å². The molecule has 11 aromatic rings. The highest BCUT2D eigenvalue weighted by molar-refractivity contribution is 6.35. The van der Waals surface area contributed by atoms with E-state index >= 15 is 0 Å². The summed E-state index contributed by atoms with van der Waals surface area (Å²) in [6, 6.07) is 65.3. The maximum atomic E-state index is 2.55. The summed E-state index contributed by atoms with van der Waals surface area (Å²) >= 11 is 0. The molecule has 4 aliphatic carbocycles. The summed E-state index contributed by atoms with van der Waals surface area (Å²) in [6.45, 7) is 7.00. The minimum Gasteiger partial charge on any atom is -0.0842 e. The summed E-state index contributed by atoms with van der Waals surface area (Å²) in [5, 5.41) is 15.8. The highest BCUT2D eigenvalue weighted by Crippen LogP contribution is 2.56. The van der Waals surface area contributed by atoms with E-state index in [1.165, 1.54) is 148 Å². The molecule has 15 rings (SSSR count). The van der Waals surface area contributed by atoms with Crippen LogP contribution in [0.5, 0.6) is 0 Å². The summed E-state index contributed by atoms with van der Waals surface area (Å²) in [6.07, 6.45) is 18.9. The SMILES string of the molecule is CCC=Cc1cccc2c1CC1=CC=CC3C(c4c5ccccc5c(-c5ccc6c7cccc8cccc(c9cccc5c96)c87)c5ccc(-c6ccc7c(c6)C(C)(C)c6ccccc6-7)cc45)=CC=C2C13. The van der Waals surface area contributed by atoms with Crippen LogP contribution in [0.3, 0.4) is 0 Å². The standard InChI is InChI=1S/C70H50/c1-4-5-15-41-16-10-23-46-56-34-35-58(51-26-13-19-45(66(51)56)39-61(41)46)69-53-22-7-6-21-52(53)68(59-37-36-57-50-25-12-18-42-17-11-24-49(65(42)50)54-27-14-28-55(59)67(54)57)60-33-31-43(38-62(60)69)44-30-32-48-47-20-8-9-29-63(47)70(2,3)64(48)40-44/h5-38,40,51,66H,4,39H2,1-3H3. The van der Waals surface area contributed by atoms with Gasteiger partial charge in [0.2, 0.25) is 0 Å². The minimum absolute atomic E-state index is 0.0881. The molecule has 0 bridgehead atoms. The summed E-state index contributed by atoms with van der Waals surface area (Å²) in [5.41, 5.74) is 20.5. The van der Waals surface area contributed by atoms with Crippen LogP contribution < -0.4 is 0 Å². The van der Waals surface area contributed by atoms with Crippen molar-refractivity contribution in [1.82, 2.24) is 0 Å². The largest absolute Gasteiger partial charge is 0.0842 e. The van der Waals surface area contributed by atoms with Gasteiger partial charge in [-0.2, -0.15) is 0 Å². The summed E-state index contributed by atoms with van der Waals surface area (Å²) < 4.78 is 0. The Balaban J connectivity index is 1.02. The Hall–Kier alpha value is -8.06. The zero-order chi connectivity index (χ0) is 46.4. The maximum Gasteiger partial charge on any atom is 0.0164 e. The van der Waals surface area contributed by atoms with Gasteiger partial charge < -0.3 is 0 Å². The van der Waals surface area contributed by atoms with Gasteiger partial charge in [0, 0.05) is 17.3 Å². The van der Waals surface area contributed by atoms with Crippen molar-refractivity contribution in [3.63, 3.8) is 0 Å². The number of allylic oxidation sites excluding steroid dienone is 9. The minimum atomic E-state index is -0.0881. The lowest BCUT2D eigenvalue weighted by Crippen LogP contribution is -2.28. The number of rotatable bonds is 5. The molecule has 0 nitrogen and oxygen atoms in total. The summed E-state index contributed by atoms with van der Waals surface area (Å²) in [7, 11) is 0. The second-order valence-corrected chi connectivity index (χ2v) is 20.8. The molecular weight excluding hydrogens is 841 g/mol. The van der Waals surface area contributed by atoms with Gasteiger partial charge in [-0.25, -0.2) is 0 Å². The van der Waals surface area contributed by atoms with Crippen molar-refractivity contribution in [2.24, 2.45) is 11.8 Å². The quantitative estimate of drug-likeness (QED) is 0.119. The molecule has 0 aliphatic heterocycles. The second-order valence-electron chi connectivity index (χ2n) is 20.8. The highest BCUT2D eigenvalue weighted by atomic mass is 14.4. The first-order valence-electron chi connectivity index (χ1n) is 25.4. The lowest BCUT2D eigenvalue weighted by atomic mass is 9.62. The van der Waals surface area contributed by atoms with E-state index in [4.69, 9.17) is 0 Å². The van der Waals surface area contributed by atoms with Crippen LogP contribution >= 0.6 is 0 Å². The van der Waals surface area contributed by atoms with Crippen molar-refractivity contribution >= 4 is 81.9 Å². The molecule has 4 aliphatic rings. The van der Waals surface area contributed by atoms with Crippen LogP contribution in [0.4, 0.5) is 0 Å². The lowest BCUT2D eigenvalue weighted by Gasteiger charge is -2.41. The van der Waals surface area contributed by atoms with E-state index in [9.17, 15) is 0 Å². The zero-order valence-corrected chi connectivity index (χ0v) is 39.8. The second kappa shape index (κ2) is 14.7. The van der Waals surface area contributed by atoms with Crippen LogP contribution in [0.15, 0.2) is 212 Å². The summed E-state index contributed by atoms with van der Waals surface area (Å²) in [5.74, 6) is 0.486. The third-order valence-corrected chi connectivity index (χ3v) is 17.0. The molecule has 0 heteroatoms. The molecule has 0 heterocycles. The Kier molecular flexibility index (Phi) is 8.39. The van der Waals surface area contributed by atoms with E-state index in [0.29, 0.717) is 0 Å². The van der Waals surface area contributed by atoms with Gasteiger partial charge in [0.05, 0.1) is 0 Å². The zero-order valence-electron chi connectivity index (χ0n) is 39.8. The maximum absolute atomic E-state index is 2.55. The van der Waals surface area contributed by atoms with Crippen molar-refractivity contribution in [2.75, 3.05) is 0 Å². The third-order valence-electron chi connectivity index (χ3n) is 17.0. The average Bonchev–Trinajstić information content (AvgIpc) is 3.64. The molecule has 0 amide bonds. The molecule has 0 spiro atoms. The molecule has 0 saturated carbocycles. The molecule has 0 fully saturated rings. The Morgan fingerprint density at radius 2 is 1.10 bits per heavy atom. The predicted octanol–water partition coefficient (Wildman–Crippen LogP) is 18.9. The van der Waals surface area contributed by atoms with Gasteiger partial charge in [-0.05, 0) is 168 Å². The van der Waals surface area contributed by atoms with Gasteiger partial charge in [0.15, 0.2) is 0 Å². The fourth-order valence-electron chi connectivity index (χ4n) is 13.9. The topological polar surface area (TPSA) is 0 Å². The number of hydrogen-bond acceptors (Lipinski definition) is 0. The lowest BCUT2D eigenvalue weighted by molar-refractivity contribution is 0.629. The van der Waals surface area contributed by atoms with Crippen molar-refractivity contribution < 1.29 is 0 Å². The number of fused-ring (bicyclic) bond motifs is 9. The molecule has 11 aromatic carbocycles. The molecule has 70 heavy (non-hydrogen) atoms. The Labute approximate surface area is 409 Å². The van der Waals surface area contributed by atoms with E-state index in [1.807, 2.05) is 0 Å². The molecule has 0 radical (unpaired) electrons. The molecule has 2 atom stereocenters. The number of benzene rings is 11. The van der Waals surface area contributed by atoms with Crippen molar-refractivity contribution in [1.29, 1.82) is 0 Å².